The predicted molar refractivity (Wildman–Crippen MR) is 77.0 cm³/mol. The highest BCUT2D eigenvalue weighted by Crippen LogP contribution is 2.21. The zero-order valence-electron chi connectivity index (χ0n) is 10.9. The lowest BCUT2D eigenvalue weighted by molar-refractivity contribution is -0.385. The van der Waals surface area contributed by atoms with E-state index >= 15 is 0 Å². The zero-order valence-corrected chi connectivity index (χ0v) is 11.7. The lowest BCUT2D eigenvalue weighted by atomic mass is 10.3. The summed E-state index contributed by atoms with van der Waals surface area (Å²) in [6.07, 6.45) is 0. The van der Waals surface area contributed by atoms with E-state index in [9.17, 15) is 28.6 Å². The number of hydrogen-bond donors (Lipinski definition) is 1. The number of rotatable bonds is 5. The second-order valence-corrected chi connectivity index (χ2v) is 5.84. The van der Waals surface area contributed by atoms with Crippen molar-refractivity contribution in [1.29, 1.82) is 0 Å². The number of hydrogen-bond acceptors (Lipinski definition) is 6. The number of nitro benzene ring substituents is 2. The molecule has 0 aliphatic rings. The first-order valence-electron chi connectivity index (χ1n) is 5.81. The molecule has 2 aromatic rings. The van der Waals surface area contributed by atoms with Crippen molar-refractivity contribution < 1.29 is 18.3 Å². The fourth-order valence-electron chi connectivity index (χ4n) is 1.61. The number of sulfonamides is 1. The van der Waals surface area contributed by atoms with Crippen LogP contribution in [0.4, 0.5) is 17.1 Å². The minimum Gasteiger partial charge on any atom is -0.280 e. The number of nitrogens with one attached hydrogen (secondary N) is 1. The van der Waals surface area contributed by atoms with Gasteiger partial charge in [-0.2, -0.15) is 0 Å². The van der Waals surface area contributed by atoms with E-state index < -0.39 is 19.9 Å². The molecule has 2 aromatic carbocycles. The number of nitrogens with zero attached hydrogens (tertiary/aromatic N) is 2. The van der Waals surface area contributed by atoms with E-state index in [0.29, 0.717) is 0 Å². The molecule has 0 amide bonds. The van der Waals surface area contributed by atoms with Gasteiger partial charge in [-0.15, -0.1) is 0 Å². The molecular formula is C12H9N3O6S. The van der Waals surface area contributed by atoms with E-state index in [-0.39, 0.29) is 22.0 Å². The van der Waals surface area contributed by atoms with E-state index in [0.717, 1.165) is 36.4 Å². The van der Waals surface area contributed by atoms with Crippen LogP contribution in [0.5, 0.6) is 0 Å². The van der Waals surface area contributed by atoms with Crippen molar-refractivity contribution in [3.05, 3.63) is 68.8 Å². The van der Waals surface area contributed by atoms with E-state index in [2.05, 4.69) is 4.72 Å². The Morgan fingerprint density at radius 3 is 1.59 bits per heavy atom. The van der Waals surface area contributed by atoms with Crippen LogP contribution in [0.2, 0.25) is 0 Å². The molecule has 114 valence electrons. The van der Waals surface area contributed by atoms with Crippen LogP contribution >= 0.6 is 0 Å². The lowest BCUT2D eigenvalue weighted by Crippen LogP contribution is -2.12. The van der Waals surface area contributed by atoms with Crippen LogP contribution in [-0.2, 0) is 10.0 Å². The Morgan fingerprint density at radius 2 is 1.18 bits per heavy atom. The van der Waals surface area contributed by atoms with Crippen molar-refractivity contribution in [1.82, 2.24) is 0 Å². The molecule has 0 saturated heterocycles. The van der Waals surface area contributed by atoms with Crippen molar-refractivity contribution in [2.75, 3.05) is 4.72 Å². The van der Waals surface area contributed by atoms with Gasteiger partial charge in [0.15, 0.2) is 0 Å². The summed E-state index contributed by atoms with van der Waals surface area (Å²) in [5.74, 6) is 0. The largest absolute Gasteiger partial charge is 0.280 e. The molecule has 0 heterocycles. The molecule has 2 rings (SSSR count). The molecule has 0 aliphatic carbocycles. The molecule has 9 nitrogen and oxygen atoms in total. The minimum atomic E-state index is -3.93. The molecular weight excluding hydrogens is 314 g/mol. The molecule has 1 N–H and O–H groups in total. The van der Waals surface area contributed by atoms with E-state index in [4.69, 9.17) is 0 Å². The highest BCUT2D eigenvalue weighted by molar-refractivity contribution is 7.92. The lowest BCUT2D eigenvalue weighted by Gasteiger charge is -2.07. The Labute approximate surface area is 124 Å². The van der Waals surface area contributed by atoms with Gasteiger partial charge in [0.1, 0.15) is 0 Å². The Morgan fingerprint density at radius 1 is 0.773 bits per heavy atom. The summed E-state index contributed by atoms with van der Waals surface area (Å²) in [4.78, 5) is 19.6. The Kier molecular flexibility index (Phi) is 4.04. The second kappa shape index (κ2) is 5.77. The highest BCUT2D eigenvalue weighted by atomic mass is 32.2. The van der Waals surface area contributed by atoms with E-state index in [1.54, 1.807) is 0 Å². The first-order valence-corrected chi connectivity index (χ1v) is 7.29. The molecule has 0 unspecified atom stereocenters. The minimum absolute atomic E-state index is 0.143. The summed E-state index contributed by atoms with van der Waals surface area (Å²) in [5.41, 5.74) is -0.253. The Hall–Kier alpha value is -3.01. The van der Waals surface area contributed by atoms with E-state index in [1.807, 2.05) is 0 Å². The standard InChI is InChI=1S/C12H9N3O6S/c16-14(17)10-3-1-9(2-4-10)13-22(20,21)12-7-5-11(6-8-12)15(18)19/h1-8,13H. The van der Waals surface area contributed by atoms with Gasteiger partial charge >= 0.3 is 0 Å². The van der Waals surface area contributed by atoms with Crippen LogP contribution in [0.25, 0.3) is 0 Å². The molecule has 0 aliphatic heterocycles. The number of anilines is 1. The normalized spacial score (nSPS) is 10.9. The van der Waals surface area contributed by atoms with Gasteiger partial charge in [-0.25, -0.2) is 8.42 Å². The summed E-state index contributed by atoms with van der Waals surface area (Å²) in [5, 5.41) is 21.0. The summed E-state index contributed by atoms with van der Waals surface area (Å²) in [7, 11) is -3.93. The molecule has 0 spiro atoms. The maximum atomic E-state index is 12.1. The topological polar surface area (TPSA) is 132 Å². The number of non-ortho nitro benzene ring substituents is 2. The van der Waals surface area contributed by atoms with E-state index in [1.165, 1.54) is 12.1 Å². The van der Waals surface area contributed by atoms with Gasteiger partial charge in [0, 0.05) is 30.0 Å². The maximum Gasteiger partial charge on any atom is 0.269 e. The maximum absolute atomic E-state index is 12.1. The summed E-state index contributed by atoms with van der Waals surface area (Å²) in [6, 6.07) is 9.18. The first kappa shape index (κ1) is 15.4. The predicted octanol–water partition coefficient (Wildman–Crippen LogP) is 2.30. The summed E-state index contributed by atoms with van der Waals surface area (Å²) in [6.45, 7) is 0. The van der Waals surface area contributed by atoms with Gasteiger partial charge in [-0.1, -0.05) is 0 Å². The smallest absolute Gasteiger partial charge is 0.269 e. The van der Waals surface area contributed by atoms with Crippen molar-refractivity contribution in [2.45, 2.75) is 4.90 Å². The van der Waals surface area contributed by atoms with Crippen molar-refractivity contribution in [3.8, 4) is 0 Å². The van der Waals surface area contributed by atoms with Gasteiger partial charge < -0.3 is 0 Å². The SMILES string of the molecule is O=[N+]([O-])c1ccc(NS(=O)(=O)c2ccc([N+](=O)[O-])cc2)cc1. The molecule has 0 aromatic heterocycles. The van der Waals surface area contributed by atoms with Crippen molar-refractivity contribution >= 4 is 27.1 Å². The molecule has 0 bridgehead atoms. The van der Waals surface area contributed by atoms with Crippen LogP contribution in [0.3, 0.4) is 0 Å². The average Bonchev–Trinajstić information content (AvgIpc) is 2.47. The van der Waals surface area contributed by atoms with Crippen LogP contribution in [0, 0.1) is 20.2 Å². The van der Waals surface area contributed by atoms with Crippen LogP contribution < -0.4 is 4.72 Å². The van der Waals surface area contributed by atoms with Gasteiger partial charge in [0.05, 0.1) is 14.7 Å². The number of benzene rings is 2. The van der Waals surface area contributed by atoms with Crippen LogP contribution in [0.15, 0.2) is 53.4 Å². The summed E-state index contributed by atoms with van der Waals surface area (Å²) < 4.78 is 26.4. The van der Waals surface area contributed by atoms with Crippen molar-refractivity contribution in [3.63, 3.8) is 0 Å². The highest BCUT2D eigenvalue weighted by Gasteiger charge is 2.16. The van der Waals surface area contributed by atoms with Gasteiger partial charge in [0.25, 0.3) is 21.4 Å². The Bertz CT molecular complexity index is 815. The third-order valence-corrected chi connectivity index (χ3v) is 4.09. The van der Waals surface area contributed by atoms with Gasteiger partial charge in [-0.3, -0.25) is 25.0 Å². The quantitative estimate of drug-likeness (QED) is 0.663. The third-order valence-electron chi connectivity index (χ3n) is 2.69. The first-order chi connectivity index (χ1) is 10.3. The fraction of sp³-hybridized carbons (Fsp3) is 0. The van der Waals surface area contributed by atoms with Crippen LogP contribution in [0.1, 0.15) is 0 Å². The monoisotopic (exact) mass is 323 g/mol. The Balaban J connectivity index is 2.23. The summed E-state index contributed by atoms with van der Waals surface area (Å²) >= 11 is 0. The average molecular weight is 323 g/mol. The molecule has 0 radical (unpaired) electrons. The molecule has 0 atom stereocenters. The molecule has 0 saturated carbocycles. The molecule has 22 heavy (non-hydrogen) atoms. The van der Waals surface area contributed by atoms with Crippen LogP contribution in [-0.4, -0.2) is 18.3 Å². The molecule has 10 heteroatoms. The zero-order chi connectivity index (χ0) is 16.3. The third kappa shape index (κ3) is 3.35. The van der Waals surface area contributed by atoms with Crippen molar-refractivity contribution in [2.24, 2.45) is 0 Å². The molecule has 0 fully saturated rings. The second-order valence-electron chi connectivity index (χ2n) is 4.16. The van der Waals surface area contributed by atoms with Gasteiger partial charge in [-0.05, 0) is 24.3 Å². The number of nitro groups is 2. The van der Waals surface area contributed by atoms with Gasteiger partial charge in [0.2, 0.25) is 0 Å². The fourth-order valence-corrected chi connectivity index (χ4v) is 2.67.